The molecule has 0 unspecified atom stereocenters. The number of benzene rings is 3. The first-order valence-corrected chi connectivity index (χ1v) is 8.19. The minimum Gasteiger partial charge on any atom is -0.497 e. The highest BCUT2D eigenvalue weighted by Gasteiger charge is 2.12. The Kier molecular flexibility index (Phi) is 4.05. The van der Waals surface area contributed by atoms with Crippen LogP contribution in [0, 0.1) is 0 Å². The number of methoxy groups -OCH3 is 3. The van der Waals surface area contributed by atoms with Gasteiger partial charge in [0.2, 0.25) is 0 Å². The average Bonchev–Trinajstić information content (AvgIpc) is 2.71. The lowest BCUT2D eigenvalue weighted by atomic mass is 9.99. The molecule has 0 atom stereocenters. The van der Waals surface area contributed by atoms with E-state index >= 15 is 0 Å². The number of hydrogen-bond donors (Lipinski definition) is 0. The number of ether oxygens (including phenoxy) is 3. The Balaban J connectivity index is 1.92. The maximum absolute atomic E-state index is 5.44. The normalized spacial score (nSPS) is 10.9. The van der Waals surface area contributed by atoms with Gasteiger partial charge in [0.15, 0.2) is 11.5 Å². The Labute approximate surface area is 151 Å². The van der Waals surface area contributed by atoms with Crippen molar-refractivity contribution in [2.24, 2.45) is 0 Å². The van der Waals surface area contributed by atoms with E-state index in [0.29, 0.717) is 11.5 Å². The Morgan fingerprint density at radius 2 is 1.46 bits per heavy atom. The molecule has 0 aliphatic rings. The van der Waals surface area contributed by atoms with Crippen LogP contribution in [0.25, 0.3) is 32.8 Å². The summed E-state index contributed by atoms with van der Waals surface area (Å²) in [6, 6.07) is 16.1. The maximum Gasteiger partial charge on any atom is 0.162 e. The summed E-state index contributed by atoms with van der Waals surface area (Å²) in [4.78, 5) is 0. The third-order valence-corrected chi connectivity index (χ3v) is 4.50. The summed E-state index contributed by atoms with van der Waals surface area (Å²) in [5, 5.41) is 11.6. The lowest BCUT2D eigenvalue weighted by molar-refractivity contribution is 0.356. The zero-order valence-electron chi connectivity index (χ0n) is 14.8. The number of rotatable bonds is 4. The molecule has 5 nitrogen and oxygen atoms in total. The fourth-order valence-electron chi connectivity index (χ4n) is 3.13. The van der Waals surface area contributed by atoms with Crippen LogP contribution in [0.1, 0.15) is 0 Å². The minimum absolute atomic E-state index is 0.636. The van der Waals surface area contributed by atoms with Gasteiger partial charge in [0.05, 0.1) is 33.0 Å². The van der Waals surface area contributed by atoms with Crippen molar-refractivity contribution in [1.82, 2.24) is 10.2 Å². The van der Waals surface area contributed by atoms with Gasteiger partial charge < -0.3 is 14.2 Å². The largest absolute Gasteiger partial charge is 0.497 e. The summed E-state index contributed by atoms with van der Waals surface area (Å²) in [6.07, 6.45) is 1.78. The monoisotopic (exact) mass is 346 g/mol. The van der Waals surface area contributed by atoms with E-state index in [2.05, 4.69) is 34.5 Å². The van der Waals surface area contributed by atoms with Gasteiger partial charge in [0.1, 0.15) is 5.75 Å². The zero-order valence-corrected chi connectivity index (χ0v) is 14.8. The standard InChI is InChI=1S/C21H18N2O3/c1-24-16-7-6-13-8-15(5-4-14(13)9-16)18-12-22-23-19-11-21(26-3)20(25-2)10-17(18)19/h4-12H,1-3H3. The molecule has 0 fully saturated rings. The molecular weight excluding hydrogens is 328 g/mol. The highest BCUT2D eigenvalue weighted by molar-refractivity contribution is 5.98. The van der Waals surface area contributed by atoms with Gasteiger partial charge in [-0.1, -0.05) is 18.2 Å². The first kappa shape index (κ1) is 16.1. The first-order valence-electron chi connectivity index (χ1n) is 8.19. The van der Waals surface area contributed by atoms with Crippen molar-refractivity contribution in [2.75, 3.05) is 21.3 Å². The van der Waals surface area contributed by atoms with Crippen LogP contribution in [0.3, 0.4) is 0 Å². The van der Waals surface area contributed by atoms with Crippen LogP contribution in [-0.2, 0) is 0 Å². The molecule has 0 amide bonds. The van der Waals surface area contributed by atoms with Crippen molar-refractivity contribution in [2.45, 2.75) is 0 Å². The van der Waals surface area contributed by atoms with Gasteiger partial charge in [-0.05, 0) is 40.6 Å². The van der Waals surface area contributed by atoms with Crippen LogP contribution in [0.15, 0.2) is 54.7 Å². The molecular formula is C21H18N2O3. The van der Waals surface area contributed by atoms with Gasteiger partial charge in [0.25, 0.3) is 0 Å². The number of fused-ring (bicyclic) bond motifs is 2. The van der Waals surface area contributed by atoms with E-state index in [4.69, 9.17) is 14.2 Å². The van der Waals surface area contributed by atoms with Crippen LogP contribution in [-0.4, -0.2) is 31.5 Å². The molecule has 0 saturated carbocycles. The summed E-state index contributed by atoms with van der Waals surface area (Å²) < 4.78 is 16.1. The molecule has 0 radical (unpaired) electrons. The topological polar surface area (TPSA) is 53.5 Å². The van der Waals surface area contributed by atoms with E-state index in [1.54, 1.807) is 27.5 Å². The fourth-order valence-corrected chi connectivity index (χ4v) is 3.13. The molecule has 4 rings (SSSR count). The van der Waals surface area contributed by atoms with Gasteiger partial charge in [-0.25, -0.2) is 0 Å². The molecule has 0 aliphatic heterocycles. The summed E-state index contributed by atoms with van der Waals surface area (Å²) in [7, 11) is 4.91. The number of hydrogen-bond acceptors (Lipinski definition) is 5. The molecule has 0 saturated heterocycles. The van der Waals surface area contributed by atoms with Gasteiger partial charge >= 0.3 is 0 Å². The molecule has 0 N–H and O–H groups in total. The second-order valence-electron chi connectivity index (χ2n) is 5.91. The van der Waals surface area contributed by atoms with Gasteiger partial charge in [-0.3, -0.25) is 0 Å². The van der Waals surface area contributed by atoms with E-state index in [1.807, 2.05) is 24.3 Å². The number of aromatic nitrogens is 2. The van der Waals surface area contributed by atoms with E-state index in [-0.39, 0.29) is 0 Å². The predicted octanol–water partition coefficient (Wildman–Crippen LogP) is 4.48. The van der Waals surface area contributed by atoms with E-state index in [0.717, 1.165) is 38.6 Å². The second-order valence-corrected chi connectivity index (χ2v) is 5.91. The Hall–Kier alpha value is -3.34. The second kappa shape index (κ2) is 6.52. The lowest BCUT2D eigenvalue weighted by Crippen LogP contribution is -1.94. The van der Waals surface area contributed by atoms with Gasteiger partial charge in [-0.2, -0.15) is 10.2 Å². The van der Waals surface area contributed by atoms with Crippen LogP contribution in [0.4, 0.5) is 0 Å². The molecule has 26 heavy (non-hydrogen) atoms. The molecule has 3 aromatic carbocycles. The van der Waals surface area contributed by atoms with Crippen molar-refractivity contribution in [3.05, 3.63) is 54.7 Å². The molecule has 5 heteroatoms. The molecule has 130 valence electrons. The van der Waals surface area contributed by atoms with Crippen molar-refractivity contribution in [1.29, 1.82) is 0 Å². The van der Waals surface area contributed by atoms with Crippen LogP contribution >= 0.6 is 0 Å². The quantitative estimate of drug-likeness (QED) is 0.545. The Bertz CT molecular complexity index is 1110. The van der Waals surface area contributed by atoms with E-state index < -0.39 is 0 Å². The van der Waals surface area contributed by atoms with Gasteiger partial charge in [-0.15, -0.1) is 0 Å². The summed E-state index contributed by atoms with van der Waals surface area (Å²) in [5.74, 6) is 2.15. The average molecular weight is 346 g/mol. The van der Waals surface area contributed by atoms with Crippen molar-refractivity contribution < 1.29 is 14.2 Å². The third-order valence-electron chi connectivity index (χ3n) is 4.50. The van der Waals surface area contributed by atoms with Crippen LogP contribution in [0.2, 0.25) is 0 Å². The SMILES string of the molecule is COc1ccc2cc(-c3cnnc4cc(OC)c(OC)cc34)ccc2c1. The molecule has 4 aromatic rings. The lowest BCUT2D eigenvalue weighted by Gasteiger charge is -2.11. The Morgan fingerprint density at radius 3 is 2.23 bits per heavy atom. The molecule has 0 spiro atoms. The molecule has 1 heterocycles. The third kappa shape index (κ3) is 2.67. The first-order chi connectivity index (χ1) is 12.7. The summed E-state index contributed by atoms with van der Waals surface area (Å²) >= 11 is 0. The van der Waals surface area contributed by atoms with Gasteiger partial charge in [0, 0.05) is 17.0 Å². The fraction of sp³-hybridized carbons (Fsp3) is 0.143. The summed E-state index contributed by atoms with van der Waals surface area (Å²) in [6.45, 7) is 0. The number of nitrogens with zero attached hydrogens (tertiary/aromatic N) is 2. The smallest absolute Gasteiger partial charge is 0.162 e. The van der Waals surface area contributed by atoms with Crippen LogP contribution in [0.5, 0.6) is 17.2 Å². The van der Waals surface area contributed by atoms with Crippen molar-refractivity contribution >= 4 is 21.7 Å². The van der Waals surface area contributed by atoms with Crippen LogP contribution < -0.4 is 14.2 Å². The highest BCUT2D eigenvalue weighted by Crippen LogP contribution is 2.36. The molecule has 1 aromatic heterocycles. The zero-order chi connectivity index (χ0) is 18.1. The maximum atomic E-state index is 5.44. The minimum atomic E-state index is 0.636. The molecule has 0 bridgehead atoms. The highest BCUT2D eigenvalue weighted by atomic mass is 16.5. The molecule has 0 aliphatic carbocycles. The van der Waals surface area contributed by atoms with Crippen molar-refractivity contribution in [3.8, 4) is 28.4 Å². The predicted molar refractivity (Wildman–Crippen MR) is 102 cm³/mol. The van der Waals surface area contributed by atoms with E-state index in [9.17, 15) is 0 Å². The van der Waals surface area contributed by atoms with Crippen molar-refractivity contribution in [3.63, 3.8) is 0 Å². The summed E-state index contributed by atoms with van der Waals surface area (Å²) in [5.41, 5.74) is 2.82. The Morgan fingerprint density at radius 1 is 0.731 bits per heavy atom. The van der Waals surface area contributed by atoms with E-state index in [1.165, 1.54) is 0 Å².